The molecule has 0 bridgehead atoms. The minimum atomic E-state index is 0.0158. The zero-order chi connectivity index (χ0) is 25.9. The van der Waals surface area contributed by atoms with E-state index in [1.54, 1.807) is 0 Å². The summed E-state index contributed by atoms with van der Waals surface area (Å²) in [6.45, 7) is 14.4. The third-order valence-corrected chi connectivity index (χ3v) is 8.04. The standard InChI is InChI=1S/C30H36N6O2/c1-31-17-22-7-6-13-36(18-22)29-26-12-14-35(28-11-5-9-23-8-3-4-10-25(23)28)20-27(26)32-30(33-29)38-21-24-19-34(2)15-16-37-24/h3-5,8-11,22,24H,6-7,12-21H2,2H3/t22?,24-/m1/s1. The van der Waals surface area contributed by atoms with E-state index in [2.05, 4.69) is 69.1 Å². The minimum Gasteiger partial charge on any atom is -0.461 e. The number of likely N-dealkylation sites (N-methyl/N-ethyl adjacent to an activating group) is 1. The summed E-state index contributed by atoms with van der Waals surface area (Å²) in [4.78, 5) is 20.7. The van der Waals surface area contributed by atoms with Crippen molar-refractivity contribution >= 4 is 22.3 Å². The molecule has 198 valence electrons. The Hall–Kier alpha value is -3.41. The summed E-state index contributed by atoms with van der Waals surface area (Å²) in [5, 5.41) is 2.51. The summed E-state index contributed by atoms with van der Waals surface area (Å²) in [6.07, 6.45) is 3.09. The van der Waals surface area contributed by atoms with Gasteiger partial charge in [0.05, 0.1) is 18.8 Å². The molecule has 2 aromatic carbocycles. The van der Waals surface area contributed by atoms with Crippen LogP contribution in [0.5, 0.6) is 6.01 Å². The van der Waals surface area contributed by atoms with Crippen molar-refractivity contribution in [2.75, 3.05) is 69.3 Å². The van der Waals surface area contributed by atoms with Gasteiger partial charge in [-0.25, -0.2) is 6.57 Å². The van der Waals surface area contributed by atoms with Crippen LogP contribution in [0.25, 0.3) is 15.6 Å². The topological polar surface area (TPSA) is 58.3 Å². The molecule has 2 saturated heterocycles. The van der Waals surface area contributed by atoms with Crippen LogP contribution in [-0.2, 0) is 17.7 Å². The zero-order valence-electron chi connectivity index (χ0n) is 22.2. The Balaban J connectivity index is 1.30. The maximum Gasteiger partial charge on any atom is 0.318 e. The number of benzene rings is 2. The summed E-state index contributed by atoms with van der Waals surface area (Å²) >= 11 is 0. The minimum absolute atomic E-state index is 0.0158. The number of aromatic nitrogens is 2. The summed E-state index contributed by atoms with van der Waals surface area (Å²) < 4.78 is 12.1. The smallest absolute Gasteiger partial charge is 0.318 e. The predicted molar refractivity (Wildman–Crippen MR) is 150 cm³/mol. The first kappa shape index (κ1) is 24.9. The van der Waals surface area contributed by atoms with Gasteiger partial charge in [-0.1, -0.05) is 36.4 Å². The van der Waals surface area contributed by atoms with Crippen molar-refractivity contribution in [2.24, 2.45) is 5.92 Å². The largest absolute Gasteiger partial charge is 0.461 e. The Morgan fingerprint density at radius 1 is 1.05 bits per heavy atom. The molecule has 0 spiro atoms. The van der Waals surface area contributed by atoms with Crippen molar-refractivity contribution in [1.29, 1.82) is 0 Å². The molecule has 0 N–H and O–H groups in total. The molecule has 3 aliphatic rings. The number of piperidine rings is 1. The number of morpholine rings is 1. The first-order valence-corrected chi connectivity index (χ1v) is 13.8. The van der Waals surface area contributed by atoms with Crippen molar-refractivity contribution in [3.05, 3.63) is 65.1 Å². The molecular formula is C30H36N6O2. The van der Waals surface area contributed by atoms with Crippen LogP contribution in [0.3, 0.4) is 0 Å². The number of rotatable bonds is 6. The molecule has 38 heavy (non-hydrogen) atoms. The fourth-order valence-electron chi connectivity index (χ4n) is 6.08. The monoisotopic (exact) mass is 512 g/mol. The fraction of sp³-hybridized carbons (Fsp3) is 0.500. The van der Waals surface area contributed by atoms with Crippen LogP contribution in [-0.4, -0.2) is 80.5 Å². The Morgan fingerprint density at radius 2 is 1.95 bits per heavy atom. The van der Waals surface area contributed by atoms with Gasteiger partial charge in [0, 0.05) is 55.3 Å². The van der Waals surface area contributed by atoms with E-state index < -0.39 is 0 Å². The van der Waals surface area contributed by atoms with Gasteiger partial charge in [-0.2, -0.15) is 9.97 Å². The molecule has 8 nitrogen and oxygen atoms in total. The lowest BCUT2D eigenvalue weighted by atomic mass is 9.96. The molecule has 2 atom stereocenters. The van der Waals surface area contributed by atoms with Crippen molar-refractivity contribution in [3.63, 3.8) is 0 Å². The summed E-state index contributed by atoms with van der Waals surface area (Å²) in [5.74, 6) is 1.39. The predicted octanol–water partition coefficient (Wildman–Crippen LogP) is 4.04. The van der Waals surface area contributed by atoms with Crippen LogP contribution in [0, 0.1) is 12.5 Å². The molecule has 1 aromatic heterocycles. The van der Waals surface area contributed by atoms with E-state index in [4.69, 9.17) is 26.0 Å². The van der Waals surface area contributed by atoms with Crippen molar-refractivity contribution < 1.29 is 9.47 Å². The lowest BCUT2D eigenvalue weighted by molar-refractivity contribution is -0.0417. The molecule has 8 heteroatoms. The van der Waals surface area contributed by atoms with E-state index in [0.717, 1.165) is 76.6 Å². The molecule has 3 aromatic rings. The van der Waals surface area contributed by atoms with Crippen LogP contribution >= 0.6 is 0 Å². The lowest BCUT2D eigenvalue weighted by Gasteiger charge is -2.36. The Bertz CT molecular complexity index is 1320. The molecule has 2 fully saturated rings. The average molecular weight is 513 g/mol. The SMILES string of the molecule is [C-]#[N+]CC1CCCN(c2nc(OC[C@H]3CN(C)CCO3)nc3c2CCN(c2cccc4ccccc24)C3)C1. The second kappa shape index (κ2) is 11.1. The van der Waals surface area contributed by atoms with Crippen LogP contribution in [0.15, 0.2) is 42.5 Å². The van der Waals surface area contributed by atoms with Gasteiger partial charge in [0.15, 0.2) is 0 Å². The second-order valence-electron chi connectivity index (χ2n) is 10.8. The maximum atomic E-state index is 7.36. The number of fused-ring (bicyclic) bond motifs is 2. The molecule has 0 radical (unpaired) electrons. The van der Waals surface area contributed by atoms with Crippen LogP contribution < -0.4 is 14.5 Å². The van der Waals surface area contributed by atoms with E-state index in [0.29, 0.717) is 25.1 Å². The average Bonchev–Trinajstić information content (AvgIpc) is 2.95. The Labute approximate surface area is 225 Å². The van der Waals surface area contributed by atoms with Gasteiger partial charge in [-0.15, -0.1) is 0 Å². The number of hydrogen-bond acceptors (Lipinski definition) is 7. The maximum absolute atomic E-state index is 7.36. The summed E-state index contributed by atoms with van der Waals surface area (Å²) in [7, 11) is 2.11. The van der Waals surface area contributed by atoms with Gasteiger partial charge in [0.2, 0.25) is 6.54 Å². The fourth-order valence-corrected chi connectivity index (χ4v) is 6.08. The van der Waals surface area contributed by atoms with E-state index in [-0.39, 0.29) is 6.10 Å². The van der Waals surface area contributed by atoms with Gasteiger partial charge in [0.25, 0.3) is 0 Å². The molecule has 0 amide bonds. The molecular weight excluding hydrogens is 476 g/mol. The Morgan fingerprint density at radius 3 is 2.84 bits per heavy atom. The van der Waals surface area contributed by atoms with Gasteiger partial charge < -0.3 is 29.0 Å². The third kappa shape index (κ3) is 5.27. The zero-order valence-corrected chi connectivity index (χ0v) is 22.2. The lowest BCUT2D eigenvalue weighted by Crippen LogP contribution is -2.43. The van der Waals surface area contributed by atoms with Crippen molar-refractivity contribution in [2.45, 2.75) is 31.9 Å². The number of anilines is 2. The molecule has 0 aliphatic carbocycles. The molecule has 4 heterocycles. The van der Waals surface area contributed by atoms with Gasteiger partial charge >= 0.3 is 6.01 Å². The van der Waals surface area contributed by atoms with Gasteiger partial charge in [-0.3, -0.25) is 0 Å². The highest BCUT2D eigenvalue weighted by Crippen LogP contribution is 2.35. The van der Waals surface area contributed by atoms with Gasteiger partial charge in [0.1, 0.15) is 18.5 Å². The highest BCUT2D eigenvalue weighted by Gasteiger charge is 2.30. The van der Waals surface area contributed by atoms with E-state index in [1.807, 2.05) is 0 Å². The third-order valence-electron chi connectivity index (χ3n) is 8.04. The van der Waals surface area contributed by atoms with Crippen LogP contribution in [0.2, 0.25) is 0 Å². The summed E-state index contributed by atoms with van der Waals surface area (Å²) in [5.41, 5.74) is 3.51. The molecule has 0 saturated carbocycles. The van der Waals surface area contributed by atoms with E-state index in [1.165, 1.54) is 22.0 Å². The number of hydrogen-bond donors (Lipinski definition) is 0. The first-order valence-electron chi connectivity index (χ1n) is 13.8. The first-order chi connectivity index (χ1) is 18.7. The highest BCUT2D eigenvalue weighted by atomic mass is 16.5. The quantitative estimate of drug-likeness (QED) is 0.462. The molecule has 3 aliphatic heterocycles. The highest BCUT2D eigenvalue weighted by molar-refractivity contribution is 5.94. The molecule has 1 unspecified atom stereocenters. The van der Waals surface area contributed by atoms with E-state index in [9.17, 15) is 0 Å². The molecule has 6 rings (SSSR count). The van der Waals surface area contributed by atoms with Crippen LogP contribution in [0.4, 0.5) is 11.5 Å². The van der Waals surface area contributed by atoms with Gasteiger partial charge in [-0.05, 0) is 37.8 Å². The normalized spacial score (nSPS) is 22.2. The van der Waals surface area contributed by atoms with Crippen LogP contribution in [0.1, 0.15) is 24.1 Å². The Kier molecular flexibility index (Phi) is 7.30. The number of ether oxygens (including phenoxy) is 2. The van der Waals surface area contributed by atoms with Crippen molar-refractivity contribution in [1.82, 2.24) is 14.9 Å². The van der Waals surface area contributed by atoms with Crippen molar-refractivity contribution in [3.8, 4) is 6.01 Å². The summed E-state index contributed by atoms with van der Waals surface area (Å²) in [6, 6.07) is 15.5. The van der Waals surface area contributed by atoms with E-state index >= 15 is 0 Å². The second-order valence-corrected chi connectivity index (χ2v) is 10.8. The number of nitrogens with zero attached hydrogens (tertiary/aromatic N) is 6.